The van der Waals surface area contributed by atoms with Gasteiger partial charge in [-0.25, -0.2) is 9.78 Å². The second-order valence-corrected chi connectivity index (χ2v) is 3.54. The first kappa shape index (κ1) is 11.2. The standard InChI is InChI=1S/C11H15N3O/c1-8(2)6-13-11(15)14-10-5-4-9(3)7-12-10/h4-7H,1-3H3,(H2,12,13,14,15). The normalized spacial score (nSPS) is 9.27. The van der Waals surface area contributed by atoms with Crippen molar-refractivity contribution in [3.8, 4) is 0 Å². The number of amides is 2. The van der Waals surface area contributed by atoms with E-state index in [1.54, 1.807) is 18.5 Å². The number of aromatic nitrogens is 1. The van der Waals surface area contributed by atoms with Crippen molar-refractivity contribution >= 4 is 11.8 Å². The summed E-state index contributed by atoms with van der Waals surface area (Å²) in [5.74, 6) is 0.542. The van der Waals surface area contributed by atoms with Gasteiger partial charge in [-0.1, -0.05) is 11.6 Å². The number of pyridine rings is 1. The molecule has 0 unspecified atom stereocenters. The molecule has 0 aliphatic heterocycles. The van der Waals surface area contributed by atoms with Crippen LogP contribution in [0.4, 0.5) is 10.6 Å². The maximum atomic E-state index is 11.3. The van der Waals surface area contributed by atoms with Gasteiger partial charge in [0.1, 0.15) is 5.82 Å². The van der Waals surface area contributed by atoms with E-state index >= 15 is 0 Å². The SMILES string of the molecule is CC(C)=CNC(=O)Nc1ccc(C)cn1. The Labute approximate surface area is 89.4 Å². The minimum atomic E-state index is -0.285. The molecule has 1 aromatic rings. The highest BCUT2D eigenvalue weighted by atomic mass is 16.2. The molecule has 0 aliphatic carbocycles. The van der Waals surface area contributed by atoms with Crippen LogP contribution in [0.2, 0.25) is 0 Å². The van der Waals surface area contributed by atoms with E-state index in [1.165, 1.54) is 0 Å². The van der Waals surface area contributed by atoms with E-state index in [4.69, 9.17) is 0 Å². The van der Waals surface area contributed by atoms with Crippen LogP contribution in [0, 0.1) is 6.92 Å². The van der Waals surface area contributed by atoms with E-state index in [2.05, 4.69) is 15.6 Å². The number of urea groups is 1. The highest BCUT2D eigenvalue weighted by Gasteiger charge is 1.99. The zero-order valence-corrected chi connectivity index (χ0v) is 9.16. The number of nitrogens with zero attached hydrogens (tertiary/aromatic N) is 1. The predicted octanol–water partition coefficient (Wildman–Crippen LogP) is 2.44. The van der Waals surface area contributed by atoms with E-state index in [0.717, 1.165) is 11.1 Å². The Morgan fingerprint density at radius 3 is 2.67 bits per heavy atom. The van der Waals surface area contributed by atoms with Crippen molar-refractivity contribution in [3.05, 3.63) is 35.7 Å². The van der Waals surface area contributed by atoms with Crippen molar-refractivity contribution in [2.24, 2.45) is 0 Å². The Morgan fingerprint density at radius 1 is 1.40 bits per heavy atom. The smallest absolute Gasteiger partial charge is 0.314 e. The molecular formula is C11H15N3O. The summed E-state index contributed by atoms with van der Waals surface area (Å²) in [5, 5.41) is 5.21. The van der Waals surface area contributed by atoms with Gasteiger partial charge in [-0.3, -0.25) is 5.32 Å². The van der Waals surface area contributed by atoms with Crippen LogP contribution in [0.25, 0.3) is 0 Å². The molecule has 0 bridgehead atoms. The maximum Gasteiger partial charge on any atom is 0.324 e. The first-order valence-corrected chi connectivity index (χ1v) is 4.71. The third kappa shape index (κ3) is 4.26. The summed E-state index contributed by atoms with van der Waals surface area (Å²) in [6.45, 7) is 5.76. The van der Waals surface area contributed by atoms with Gasteiger partial charge in [0.05, 0.1) is 0 Å². The summed E-state index contributed by atoms with van der Waals surface area (Å²) < 4.78 is 0. The minimum absolute atomic E-state index is 0.285. The quantitative estimate of drug-likeness (QED) is 0.779. The molecule has 0 saturated carbocycles. The Kier molecular flexibility index (Phi) is 3.85. The summed E-state index contributed by atoms with van der Waals surface area (Å²) >= 11 is 0. The average molecular weight is 205 g/mol. The predicted molar refractivity (Wildman–Crippen MR) is 60.6 cm³/mol. The van der Waals surface area contributed by atoms with Gasteiger partial charge in [-0.05, 0) is 32.4 Å². The summed E-state index contributed by atoms with van der Waals surface area (Å²) in [7, 11) is 0. The second-order valence-electron chi connectivity index (χ2n) is 3.54. The third-order valence-electron chi connectivity index (χ3n) is 1.64. The van der Waals surface area contributed by atoms with Gasteiger partial charge in [0, 0.05) is 12.4 Å². The lowest BCUT2D eigenvalue weighted by Gasteiger charge is -2.03. The van der Waals surface area contributed by atoms with Crippen molar-refractivity contribution in [2.45, 2.75) is 20.8 Å². The van der Waals surface area contributed by atoms with Crippen LogP contribution in [-0.2, 0) is 0 Å². The zero-order valence-electron chi connectivity index (χ0n) is 9.16. The van der Waals surface area contributed by atoms with Gasteiger partial charge >= 0.3 is 6.03 Å². The molecule has 0 aromatic carbocycles. The number of anilines is 1. The Morgan fingerprint density at radius 2 is 2.13 bits per heavy atom. The number of rotatable bonds is 2. The van der Waals surface area contributed by atoms with Crippen LogP contribution in [0.15, 0.2) is 30.1 Å². The maximum absolute atomic E-state index is 11.3. The lowest BCUT2D eigenvalue weighted by Crippen LogP contribution is -2.24. The van der Waals surface area contributed by atoms with Gasteiger partial charge in [-0.2, -0.15) is 0 Å². The number of allylic oxidation sites excluding steroid dienone is 1. The van der Waals surface area contributed by atoms with Crippen molar-refractivity contribution < 1.29 is 4.79 Å². The molecule has 0 spiro atoms. The lowest BCUT2D eigenvalue weighted by molar-refractivity contribution is 0.255. The molecule has 2 amide bonds. The van der Waals surface area contributed by atoms with Crippen LogP contribution in [-0.4, -0.2) is 11.0 Å². The van der Waals surface area contributed by atoms with E-state index in [9.17, 15) is 4.79 Å². The number of nitrogens with one attached hydrogen (secondary N) is 2. The van der Waals surface area contributed by atoms with Gasteiger partial charge in [0.25, 0.3) is 0 Å². The summed E-state index contributed by atoms with van der Waals surface area (Å²) in [6.07, 6.45) is 3.35. The average Bonchev–Trinajstić information content (AvgIpc) is 2.19. The van der Waals surface area contributed by atoms with Crippen molar-refractivity contribution in [1.29, 1.82) is 0 Å². The topological polar surface area (TPSA) is 54.0 Å². The van der Waals surface area contributed by atoms with E-state index < -0.39 is 0 Å². The zero-order chi connectivity index (χ0) is 11.3. The fourth-order valence-electron chi connectivity index (χ4n) is 0.904. The van der Waals surface area contributed by atoms with Crippen LogP contribution >= 0.6 is 0 Å². The van der Waals surface area contributed by atoms with Gasteiger partial charge in [0.2, 0.25) is 0 Å². The molecule has 4 nitrogen and oxygen atoms in total. The number of carbonyl (C=O) groups excluding carboxylic acids is 1. The number of hydrogen-bond donors (Lipinski definition) is 2. The molecule has 0 radical (unpaired) electrons. The van der Waals surface area contributed by atoms with E-state index in [1.807, 2.05) is 26.8 Å². The first-order chi connectivity index (χ1) is 7.08. The molecule has 80 valence electrons. The van der Waals surface area contributed by atoms with Crippen LogP contribution < -0.4 is 10.6 Å². The molecule has 1 heterocycles. The largest absolute Gasteiger partial charge is 0.324 e. The van der Waals surface area contributed by atoms with Crippen molar-refractivity contribution in [1.82, 2.24) is 10.3 Å². The molecule has 4 heteroatoms. The molecule has 0 fully saturated rings. The highest BCUT2D eigenvalue weighted by molar-refractivity contribution is 5.88. The van der Waals surface area contributed by atoms with Crippen molar-refractivity contribution in [2.75, 3.05) is 5.32 Å². The van der Waals surface area contributed by atoms with Crippen molar-refractivity contribution in [3.63, 3.8) is 0 Å². The fraction of sp³-hybridized carbons (Fsp3) is 0.273. The Bertz CT molecular complexity index is 364. The fourth-order valence-corrected chi connectivity index (χ4v) is 0.904. The Hall–Kier alpha value is -1.84. The second kappa shape index (κ2) is 5.14. The Balaban J connectivity index is 2.51. The minimum Gasteiger partial charge on any atom is -0.314 e. The summed E-state index contributed by atoms with van der Waals surface area (Å²) in [4.78, 5) is 15.3. The van der Waals surface area contributed by atoms with Crippen LogP contribution in [0.3, 0.4) is 0 Å². The molecule has 15 heavy (non-hydrogen) atoms. The number of hydrogen-bond acceptors (Lipinski definition) is 2. The van der Waals surface area contributed by atoms with Crippen LogP contribution in [0.5, 0.6) is 0 Å². The third-order valence-corrected chi connectivity index (χ3v) is 1.64. The molecular weight excluding hydrogens is 190 g/mol. The van der Waals surface area contributed by atoms with E-state index in [0.29, 0.717) is 5.82 Å². The molecule has 0 aliphatic rings. The summed E-state index contributed by atoms with van der Waals surface area (Å²) in [5.41, 5.74) is 2.09. The van der Waals surface area contributed by atoms with Gasteiger partial charge in [-0.15, -0.1) is 0 Å². The molecule has 1 aromatic heterocycles. The summed E-state index contributed by atoms with van der Waals surface area (Å²) in [6, 6.07) is 3.37. The van der Waals surface area contributed by atoms with E-state index in [-0.39, 0.29) is 6.03 Å². The van der Waals surface area contributed by atoms with Gasteiger partial charge < -0.3 is 5.32 Å². The molecule has 1 rings (SSSR count). The van der Waals surface area contributed by atoms with Gasteiger partial charge in [0.15, 0.2) is 0 Å². The number of carbonyl (C=O) groups is 1. The monoisotopic (exact) mass is 205 g/mol. The lowest BCUT2D eigenvalue weighted by atomic mass is 10.3. The molecule has 0 atom stereocenters. The number of aryl methyl sites for hydroxylation is 1. The van der Waals surface area contributed by atoms with Crippen LogP contribution in [0.1, 0.15) is 19.4 Å². The first-order valence-electron chi connectivity index (χ1n) is 4.71. The highest BCUT2D eigenvalue weighted by Crippen LogP contribution is 2.03. The molecule has 2 N–H and O–H groups in total. The molecule has 0 saturated heterocycles.